The maximum Gasteiger partial charge on any atom is 0.241 e. The Hall–Kier alpha value is -2.45. The van der Waals surface area contributed by atoms with Crippen LogP contribution in [0.3, 0.4) is 0 Å². The molecule has 34 heavy (non-hydrogen) atoms. The molecule has 8 heteroatoms. The number of benzene rings is 2. The predicted octanol–water partition coefficient (Wildman–Crippen LogP) is 4.36. The molecule has 0 N–H and O–H groups in total. The van der Waals surface area contributed by atoms with E-state index in [1.165, 1.54) is 5.56 Å². The zero-order valence-electron chi connectivity index (χ0n) is 19.4. The number of carbonyl (C=O) groups is 1. The predicted molar refractivity (Wildman–Crippen MR) is 138 cm³/mol. The van der Waals surface area contributed by atoms with Crippen molar-refractivity contribution >= 4 is 34.5 Å². The maximum atomic E-state index is 13.1. The zero-order chi connectivity index (χ0) is 23.5. The number of rotatable bonds is 7. The van der Waals surface area contributed by atoms with Crippen LogP contribution >= 0.6 is 22.9 Å². The van der Waals surface area contributed by atoms with Gasteiger partial charge in [0.2, 0.25) is 5.91 Å². The Labute approximate surface area is 209 Å². The van der Waals surface area contributed by atoms with E-state index in [1.807, 2.05) is 36.1 Å². The first-order valence-corrected chi connectivity index (χ1v) is 13.0. The van der Waals surface area contributed by atoms with Crippen LogP contribution in [-0.4, -0.2) is 73.1 Å². The minimum atomic E-state index is 0.190. The molecule has 0 radical (unpaired) electrons. The smallest absolute Gasteiger partial charge is 0.241 e. The molecule has 1 saturated heterocycles. The number of hydrogen-bond donors (Lipinski definition) is 0. The summed E-state index contributed by atoms with van der Waals surface area (Å²) < 4.78 is 5.82. The first-order chi connectivity index (χ1) is 16.5. The molecule has 3 heterocycles. The maximum absolute atomic E-state index is 13.1. The molecule has 5 rings (SSSR count). The van der Waals surface area contributed by atoms with Crippen molar-refractivity contribution in [2.45, 2.75) is 13.3 Å². The molecule has 1 fully saturated rings. The van der Waals surface area contributed by atoms with Gasteiger partial charge in [-0.1, -0.05) is 17.7 Å². The lowest BCUT2D eigenvalue weighted by atomic mass is 10.1. The van der Waals surface area contributed by atoms with Crippen molar-refractivity contribution in [2.24, 2.45) is 0 Å². The fourth-order valence-corrected chi connectivity index (χ4v) is 5.34. The first kappa shape index (κ1) is 23.3. The molecular formula is C26H29ClN4O2S. The second kappa shape index (κ2) is 10.4. The van der Waals surface area contributed by atoms with E-state index in [0.717, 1.165) is 73.4 Å². The van der Waals surface area contributed by atoms with E-state index in [9.17, 15) is 4.79 Å². The standard InChI is InChI=1S/C26H29ClN4O2S/c1-19-28-24(18-34-19)20-2-7-25-21(16-20)8-9-31(25)26(32)17-30-12-10-29(11-13-30)14-15-33-23-5-3-22(27)4-6-23/h2-7,16,18H,8-15,17H2,1H3. The lowest BCUT2D eigenvalue weighted by molar-refractivity contribution is -0.120. The fourth-order valence-electron chi connectivity index (χ4n) is 4.59. The highest BCUT2D eigenvalue weighted by Gasteiger charge is 2.27. The van der Waals surface area contributed by atoms with Crippen molar-refractivity contribution in [1.82, 2.24) is 14.8 Å². The van der Waals surface area contributed by atoms with E-state index < -0.39 is 0 Å². The van der Waals surface area contributed by atoms with Gasteiger partial charge in [-0.25, -0.2) is 4.98 Å². The molecular weight excluding hydrogens is 468 g/mol. The second-order valence-electron chi connectivity index (χ2n) is 8.81. The summed E-state index contributed by atoms with van der Waals surface area (Å²) >= 11 is 7.58. The molecule has 2 aliphatic rings. The molecule has 0 unspecified atom stereocenters. The average molecular weight is 497 g/mol. The number of hydrogen-bond acceptors (Lipinski definition) is 6. The van der Waals surface area contributed by atoms with Crippen LogP contribution in [0, 0.1) is 6.92 Å². The number of aryl methyl sites for hydroxylation is 1. The van der Waals surface area contributed by atoms with Gasteiger partial charge >= 0.3 is 0 Å². The van der Waals surface area contributed by atoms with Gasteiger partial charge < -0.3 is 9.64 Å². The third-order valence-corrected chi connectivity index (χ3v) is 7.53. The third-order valence-electron chi connectivity index (χ3n) is 6.50. The molecule has 0 aliphatic carbocycles. The first-order valence-electron chi connectivity index (χ1n) is 11.7. The van der Waals surface area contributed by atoms with Crippen LogP contribution in [0.15, 0.2) is 47.8 Å². The van der Waals surface area contributed by atoms with Crippen molar-refractivity contribution in [3.8, 4) is 17.0 Å². The van der Waals surface area contributed by atoms with E-state index in [-0.39, 0.29) is 5.91 Å². The number of ether oxygens (including phenoxy) is 1. The van der Waals surface area contributed by atoms with Crippen LogP contribution in [0.4, 0.5) is 5.69 Å². The Morgan fingerprint density at radius 2 is 1.82 bits per heavy atom. The number of aromatic nitrogens is 1. The Bertz CT molecular complexity index is 1140. The van der Waals surface area contributed by atoms with E-state index in [1.54, 1.807) is 11.3 Å². The van der Waals surface area contributed by atoms with Gasteiger partial charge in [0, 0.05) is 60.9 Å². The molecule has 0 saturated carbocycles. The molecule has 2 aromatic carbocycles. The zero-order valence-corrected chi connectivity index (χ0v) is 20.9. The number of amides is 1. The third kappa shape index (κ3) is 5.44. The van der Waals surface area contributed by atoms with E-state index in [2.05, 4.69) is 38.4 Å². The molecule has 1 amide bonds. The molecule has 1 aromatic heterocycles. The normalized spacial score (nSPS) is 16.6. The van der Waals surface area contributed by atoms with Crippen molar-refractivity contribution in [3.05, 3.63) is 63.4 Å². The highest BCUT2D eigenvalue weighted by Crippen LogP contribution is 2.33. The summed E-state index contributed by atoms with van der Waals surface area (Å²) in [5, 5.41) is 3.88. The number of halogens is 1. The SMILES string of the molecule is Cc1nc(-c2ccc3c(c2)CCN3C(=O)CN2CCN(CCOc3ccc(Cl)cc3)CC2)cs1. The fraction of sp³-hybridized carbons (Fsp3) is 0.385. The number of nitrogens with zero attached hydrogens (tertiary/aromatic N) is 4. The van der Waals surface area contributed by atoms with Gasteiger partial charge in [0.15, 0.2) is 0 Å². The summed E-state index contributed by atoms with van der Waals surface area (Å²) in [4.78, 5) is 24.3. The molecule has 2 aliphatic heterocycles. The van der Waals surface area contributed by atoms with Gasteiger partial charge in [-0.2, -0.15) is 0 Å². The molecule has 178 valence electrons. The highest BCUT2D eigenvalue weighted by molar-refractivity contribution is 7.09. The molecule has 0 bridgehead atoms. The number of carbonyl (C=O) groups excluding carboxylic acids is 1. The summed E-state index contributed by atoms with van der Waals surface area (Å²) in [6.45, 7) is 8.48. The van der Waals surface area contributed by atoms with Crippen LogP contribution in [0.1, 0.15) is 10.6 Å². The van der Waals surface area contributed by atoms with Crippen LogP contribution < -0.4 is 9.64 Å². The van der Waals surface area contributed by atoms with Gasteiger partial charge in [-0.05, 0) is 55.3 Å². The van der Waals surface area contributed by atoms with Crippen LogP contribution in [0.25, 0.3) is 11.3 Å². The van der Waals surface area contributed by atoms with Crippen molar-refractivity contribution in [3.63, 3.8) is 0 Å². The lowest BCUT2D eigenvalue weighted by Crippen LogP contribution is -2.50. The monoisotopic (exact) mass is 496 g/mol. The lowest BCUT2D eigenvalue weighted by Gasteiger charge is -2.34. The minimum Gasteiger partial charge on any atom is -0.492 e. The highest BCUT2D eigenvalue weighted by atomic mass is 35.5. The van der Waals surface area contributed by atoms with Gasteiger partial charge in [0.25, 0.3) is 0 Å². The molecule has 0 spiro atoms. The number of piperazine rings is 1. The summed E-state index contributed by atoms with van der Waals surface area (Å²) in [5.74, 6) is 1.03. The van der Waals surface area contributed by atoms with Crippen LogP contribution in [0.2, 0.25) is 5.02 Å². The van der Waals surface area contributed by atoms with E-state index in [0.29, 0.717) is 18.2 Å². The number of anilines is 1. The van der Waals surface area contributed by atoms with Gasteiger partial charge in [0.05, 0.1) is 17.2 Å². The minimum absolute atomic E-state index is 0.190. The van der Waals surface area contributed by atoms with Crippen molar-refractivity contribution < 1.29 is 9.53 Å². The van der Waals surface area contributed by atoms with E-state index >= 15 is 0 Å². The number of fused-ring (bicyclic) bond motifs is 1. The van der Waals surface area contributed by atoms with Crippen molar-refractivity contribution in [1.29, 1.82) is 0 Å². The van der Waals surface area contributed by atoms with E-state index in [4.69, 9.17) is 16.3 Å². The molecule has 0 atom stereocenters. The van der Waals surface area contributed by atoms with Crippen LogP contribution in [0.5, 0.6) is 5.75 Å². The largest absolute Gasteiger partial charge is 0.492 e. The Kier molecular flexibility index (Phi) is 7.15. The van der Waals surface area contributed by atoms with Gasteiger partial charge in [-0.3, -0.25) is 14.6 Å². The van der Waals surface area contributed by atoms with Gasteiger partial charge in [0.1, 0.15) is 12.4 Å². The topological polar surface area (TPSA) is 48.9 Å². The summed E-state index contributed by atoms with van der Waals surface area (Å²) in [6, 6.07) is 13.8. The Morgan fingerprint density at radius 1 is 1.06 bits per heavy atom. The van der Waals surface area contributed by atoms with Crippen molar-refractivity contribution in [2.75, 3.05) is 57.3 Å². The summed E-state index contributed by atoms with van der Waals surface area (Å²) in [6.07, 6.45) is 0.902. The molecule has 6 nitrogen and oxygen atoms in total. The Morgan fingerprint density at radius 3 is 2.56 bits per heavy atom. The Balaban J connectivity index is 1.09. The average Bonchev–Trinajstić information content (AvgIpc) is 3.47. The summed E-state index contributed by atoms with van der Waals surface area (Å²) in [5.41, 5.74) is 4.45. The number of thiazole rings is 1. The summed E-state index contributed by atoms with van der Waals surface area (Å²) in [7, 11) is 0. The van der Waals surface area contributed by atoms with Crippen LogP contribution in [-0.2, 0) is 11.2 Å². The second-order valence-corrected chi connectivity index (χ2v) is 10.3. The quantitative estimate of drug-likeness (QED) is 0.486. The van der Waals surface area contributed by atoms with Gasteiger partial charge in [-0.15, -0.1) is 11.3 Å². The molecule has 3 aromatic rings.